The molecule has 0 nitrogen and oxygen atoms in total. The second-order valence-electron chi connectivity index (χ2n) is 6.53. The summed E-state index contributed by atoms with van der Waals surface area (Å²) >= 11 is 0. The molecule has 0 amide bonds. The van der Waals surface area contributed by atoms with E-state index in [4.69, 9.17) is 0 Å². The van der Waals surface area contributed by atoms with Crippen molar-refractivity contribution >= 4 is 11.6 Å². The molecule has 0 heterocycles. The Labute approximate surface area is 135 Å². The van der Waals surface area contributed by atoms with Gasteiger partial charge in [0.25, 0.3) is 0 Å². The Kier molecular flexibility index (Phi) is 5.60. The lowest BCUT2D eigenvalue weighted by Crippen LogP contribution is -2.31. The fourth-order valence-corrected chi connectivity index (χ4v) is 3.28. The molecule has 0 saturated heterocycles. The van der Waals surface area contributed by atoms with Gasteiger partial charge in [-0.25, -0.2) is 0 Å². The van der Waals surface area contributed by atoms with Crippen LogP contribution in [0.4, 0.5) is 0 Å². The summed E-state index contributed by atoms with van der Waals surface area (Å²) in [7, 11) is 0. The van der Waals surface area contributed by atoms with E-state index >= 15 is 0 Å². The number of allylic oxidation sites excluding steroid dienone is 5. The Bertz CT molecular complexity index is 711. The van der Waals surface area contributed by atoms with Crippen molar-refractivity contribution in [2.24, 2.45) is 11.8 Å². The molecule has 0 radical (unpaired) electrons. The Morgan fingerprint density at radius 3 is 2.59 bits per heavy atom. The van der Waals surface area contributed by atoms with Crippen molar-refractivity contribution in [1.29, 1.82) is 0 Å². The molecule has 0 bridgehead atoms. The molecule has 1 aliphatic rings. The zero-order chi connectivity index (χ0) is 16.1. The normalized spacial score (nSPS) is 16.6. The van der Waals surface area contributed by atoms with Gasteiger partial charge in [-0.3, -0.25) is 0 Å². The lowest BCUT2D eigenvalue weighted by Gasteiger charge is -2.25. The van der Waals surface area contributed by atoms with Gasteiger partial charge in [-0.2, -0.15) is 0 Å². The minimum absolute atomic E-state index is 0.447. The van der Waals surface area contributed by atoms with E-state index in [1.54, 1.807) is 0 Å². The van der Waals surface area contributed by atoms with Gasteiger partial charge in [0.2, 0.25) is 0 Å². The van der Waals surface area contributed by atoms with Crippen molar-refractivity contribution < 1.29 is 0 Å². The standard InChI is InChI=1S/C22H28/c1-6-19(20(17(4)5)15-14-16(2)3)22-13-9-11-18-10-7-8-12-21(18)22/h6-8,10-12,14-15,17,20H,2,9,13H2,1,3-5H3. The lowest BCUT2D eigenvalue weighted by molar-refractivity contribution is 0.533. The maximum Gasteiger partial charge on any atom is 0.00438 e. The van der Waals surface area contributed by atoms with Crippen molar-refractivity contribution in [3.63, 3.8) is 0 Å². The predicted molar refractivity (Wildman–Crippen MR) is 98.8 cm³/mol. The van der Waals surface area contributed by atoms with E-state index in [1.807, 2.05) is 0 Å². The van der Waals surface area contributed by atoms with Crippen LogP contribution in [0.15, 0.2) is 60.2 Å². The van der Waals surface area contributed by atoms with E-state index in [0.29, 0.717) is 11.8 Å². The smallest absolute Gasteiger partial charge is 0.00438 e. The molecule has 0 spiro atoms. The van der Waals surface area contributed by atoms with Gasteiger partial charge in [0.1, 0.15) is 0 Å². The molecule has 0 N–H and O–H groups in total. The van der Waals surface area contributed by atoms with Crippen LogP contribution in [0.2, 0.25) is 0 Å². The molecule has 2 rings (SSSR count). The maximum absolute atomic E-state index is 4.00. The average molecular weight is 292 g/mol. The van der Waals surface area contributed by atoms with Crippen LogP contribution in [0, 0.1) is 11.8 Å². The van der Waals surface area contributed by atoms with E-state index in [9.17, 15) is 0 Å². The number of fused-ring (bicyclic) bond motifs is 1. The van der Waals surface area contributed by atoms with Crippen LogP contribution in [0.1, 0.15) is 40.5 Å². The first-order valence-electron chi connectivity index (χ1n) is 8.33. The summed E-state index contributed by atoms with van der Waals surface area (Å²) in [6.07, 6.45) is 11.4. The van der Waals surface area contributed by atoms with Crippen LogP contribution in [0.3, 0.4) is 0 Å². The Morgan fingerprint density at radius 1 is 1.23 bits per heavy atom. The summed E-state index contributed by atoms with van der Waals surface area (Å²) in [4.78, 5) is 0. The first-order valence-corrected chi connectivity index (χ1v) is 8.33. The highest BCUT2D eigenvalue weighted by molar-refractivity contribution is 5.68. The topological polar surface area (TPSA) is 0 Å². The monoisotopic (exact) mass is 292 g/mol. The number of hydrogen-bond donors (Lipinski definition) is 0. The molecule has 1 aromatic rings. The molecule has 0 aliphatic heterocycles. The molecule has 116 valence electrons. The van der Waals surface area contributed by atoms with Crippen LogP contribution in [-0.4, -0.2) is 0 Å². The summed E-state index contributed by atoms with van der Waals surface area (Å²) in [6, 6.07) is 8.79. The number of hydrogen-bond acceptors (Lipinski definition) is 0. The van der Waals surface area contributed by atoms with Gasteiger partial charge in [-0.05, 0) is 54.2 Å². The van der Waals surface area contributed by atoms with Crippen molar-refractivity contribution in [3.05, 3.63) is 70.7 Å². The second kappa shape index (κ2) is 7.45. The molecular formula is C22H28. The van der Waals surface area contributed by atoms with Crippen LogP contribution in [-0.2, 0) is 0 Å². The minimum Gasteiger partial charge on any atom is -0.0961 e. The van der Waals surface area contributed by atoms with Crippen molar-refractivity contribution in [1.82, 2.24) is 0 Å². The Morgan fingerprint density at radius 2 is 1.95 bits per heavy atom. The van der Waals surface area contributed by atoms with Gasteiger partial charge < -0.3 is 0 Å². The molecule has 0 fully saturated rings. The van der Waals surface area contributed by atoms with Gasteiger partial charge >= 0.3 is 0 Å². The Balaban J connectivity index is 2.57. The van der Waals surface area contributed by atoms with E-state index in [1.165, 1.54) is 21.6 Å². The summed E-state index contributed by atoms with van der Waals surface area (Å²) in [6.45, 7) is 12.8. The SMILES string of the molecule is C=C(C)C=CC(C(=CC)C1=c2ccccc2=CCC1)C(C)C. The molecule has 0 heteroatoms. The van der Waals surface area contributed by atoms with Crippen LogP contribution in [0.5, 0.6) is 0 Å². The van der Waals surface area contributed by atoms with Crippen LogP contribution in [0.25, 0.3) is 11.6 Å². The third-order valence-corrected chi connectivity index (χ3v) is 4.37. The van der Waals surface area contributed by atoms with Gasteiger partial charge in [0.15, 0.2) is 0 Å². The Hall–Kier alpha value is -1.82. The van der Waals surface area contributed by atoms with Gasteiger partial charge in [0.05, 0.1) is 0 Å². The molecule has 0 aromatic heterocycles. The fourth-order valence-electron chi connectivity index (χ4n) is 3.28. The molecule has 0 saturated carbocycles. The van der Waals surface area contributed by atoms with Crippen molar-refractivity contribution in [2.75, 3.05) is 0 Å². The van der Waals surface area contributed by atoms with Gasteiger partial charge in [-0.1, -0.05) is 74.6 Å². The summed E-state index contributed by atoms with van der Waals surface area (Å²) in [5.74, 6) is 1.02. The quantitative estimate of drug-likeness (QED) is 0.686. The first kappa shape index (κ1) is 16.5. The maximum atomic E-state index is 4.00. The highest BCUT2D eigenvalue weighted by atomic mass is 14.2. The van der Waals surface area contributed by atoms with Crippen LogP contribution < -0.4 is 10.4 Å². The fraction of sp³-hybridized carbons (Fsp3) is 0.364. The molecule has 1 atom stereocenters. The molecule has 1 unspecified atom stereocenters. The summed E-state index contributed by atoms with van der Waals surface area (Å²) in [5, 5.41) is 2.80. The zero-order valence-corrected chi connectivity index (χ0v) is 14.4. The molecule has 1 aromatic carbocycles. The van der Waals surface area contributed by atoms with E-state index in [2.05, 4.69) is 82.8 Å². The minimum atomic E-state index is 0.447. The first-order chi connectivity index (χ1) is 10.5. The largest absolute Gasteiger partial charge is 0.0961 e. The van der Waals surface area contributed by atoms with E-state index in [0.717, 1.165) is 18.4 Å². The summed E-state index contributed by atoms with van der Waals surface area (Å²) < 4.78 is 0. The molecule has 22 heavy (non-hydrogen) atoms. The number of rotatable bonds is 5. The van der Waals surface area contributed by atoms with E-state index < -0.39 is 0 Å². The van der Waals surface area contributed by atoms with Crippen molar-refractivity contribution in [2.45, 2.75) is 40.5 Å². The highest BCUT2D eigenvalue weighted by Gasteiger charge is 2.19. The zero-order valence-electron chi connectivity index (χ0n) is 14.4. The summed E-state index contributed by atoms with van der Waals surface area (Å²) in [5.41, 5.74) is 4.11. The van der Waals surface area contributed by atoms with Crippen LogP contribution >= 0.6 is 0 Å². The van der Waals surface area contributed by atoms with Gasteiger partial charge in [0, 0.05) is 5.92 Å². The molecular weight excluding hydrogens is 264 g/mol. The van der Waals surface area contributed by atoms with Gasteiger partial charge in [-0.15, -0.1) is 0 Å². The third-order valence-electron chi connectivity index (χ3n) is 4.37. The average Bonchev–Trinajstić information content (AvgIpc) is 2.50. The highest BCUT2D eigenvalue weighted by Crippen LogP contribution is 2.31. The van der Waals surface area contributed by atoms with Crippen molar-refractivity contribution in [3.8, 4) is 0 Å². The predicted octanol–water partition coefficient (Wildman–Crippen LogP) is 4.76. The number of benzene rings is 1. The lowest BCUT2D eigenvalue weighted by atomic mass is 9.80. The van der Waals surface area contributed by atoms with E-state index in [-0.39, 0.29) is 0 Å². The third kappa shape index (κ3) is 3.68. The second-order valence-corrected chi connectivity index (χ2v) is 6.53. The molecule has 1 aliphatic carbocycles.